The molecule has 0 amide bonds. The Morgan fingerprint density at radius 1 is 0.636 bits per heavy atom. The molecule has 0 aliphatic heterocycles. The van der Waals surface area contributed by atoms with Gasteiger partial charge in [0, 0.05) is 46.3 Å². The monoisotopic (exact) mass is 479 g/mol. The Bertz CT molecular complexity index is 1570. The third-order valence-corrected chi connectivity index (χ3v) is 9.19. The highest BCUT2D eigenvalue weighted by Gasteiger charge is 2.23. The summed E-state index contributed by atoms with van der Waals surface area (Å²) in [5.41, 5.74) is 6.15. The molecule has 0 saturated carbocycles. The van der Waals surface area contributed by atoms with Gasteiger partial charge in [-0.25, -0.2) is 4.98 Å². The first kappa shape index (κ1) is 20.5. The summed E-state index contributed by atoms with van der Waals surface area (Å²) in [6.07, 6.45) is 0. The van der Waals surface area contributed by atoms with Crippen LogP contribution < -0.4 is 0 Å². The molecule has 6 aromatic rings. The van der Waals surface area contributed by atoms with Crippen LogP contribution in [-0.4, -0.2) is 4.98 Å². The van der Waals surface area contributed by atoms with Crippen molar-refractivity contribution in [3.63, 3.8) is 0 Å². The molecule has 160 valence electrons. The lowest BCUT2D eigenvalue weighted by atomic mass is 10.0. The van der Waals surface area contributed by atoms with Crippen molar-refractivity contribution in [2.24, 2.45) is 0 Å². The molecular weight excluding hydrogens is 459 g/mol. The van der Waals surface area contributed by atoms with E-state index in [1.807, 2.05) is 22.7 Å². The second-order valence-electron chi connectivity index (χ2n) is 8.04. The van der Waals surface area contributed by atoms with Gasteiger partial charge in [0.05, 0.1) is 5.69 Å². The average Bonchev–Trinajstić information content (AvgIpc) is 3.54. The van der Waals surface area contributed by atoms with Crippen molar-refractivity contribution in [3.05, 3.63) is 101 Å². The van der Waals surface area contributed by atoms with Crippen molar-refractivity contribution in [2.75, 3.05) is 0 Å². The van der Waals surface area contributed by atoms with Gasteiger partial charge in [-0.15, -0.1) is 34.0 Å². The first-order valence-electron chi connectivity index (χ1n) is 10.9. The highest BCUT2D eigenvalue weighted by Crippen LogP contribution is 2.49. The van der Waals surface area contributed by atoms with E-state index in [0.29, 0.717) is 0 Å². The van der Waals surface area contributed by atoms with Crippen molar-refractivity contribution in [3.8, 4) is 42.7 Å². The molecule has 0 saturated heterocycles. The van der Waals surface area contributed by atoms with Gasteiger partial charge in [0.25, 0.3) is 0 Å². The van der Waals surface area contributed by atoms with Crippen LogP contribution in [0.2, 0.25) is 0 Å². The fraction of sp³-hybridized carbons (Fsp3) is 0.0690. The molecule has 0 bridgehead atoms. The van der Waals surface area contributed by atoms with E-state index in [4.69, 9.17) is 4.98 Å². The van der Waals surface area contributed by atoms with Crippen LogP contribution in [0.5, 0.6) is 0 Å². The molecule has 0 aliphatic rings. The number of thiazole rings is 1. The van der Waals surface area contributed by atoms with Gasteiger partial charge in [-0.05, 0) is 31.5 Å². The molecule has 3 aromatic carbocycles. The number of rotatable bonds is 4. The fourth-order valence-electron chi connectivity index (χ4n) is 4.26. The van der Waals surface area contributed by atoms with Gasteiger partial charge in [-0.1, -0.05) is 78.9 Å². The molecule has 0 atom stereocenters. The zero-order valence-corrected chi connectivity index (χ0v) is 20.8. The lowest BCUT2D eigenvalue weighted by molar-refractivity contribution is 1.38. The summed E-state index contributed by atoms with van der Waals surface area (Å²) in [7, 11) is 0. The van der Waals surface area contributed by atoms with Crippen molar-refractivity contribution in [1.82, 2.24) is 4.98 Å². The van der Waals surface area contributed by atoms with Crippen LogP contribution in [0.3, 0.4) is 0 Å². The normalized spacial score (nSPS) is 11.3. The van der Waals surface area contributed by atoms with Crippen LogP contribution in [0.15, 0.2) is 91.0 Å². The number of hydrogen-bond acceptors (Lipinski definition) is 4. The van der Waals surface area contributed by atoms with Crippen LogP contribution in [0.4, 0.5) is 0 Å². The molecule has 33 heavy (non-hydrogen) atoms. The summed E-state index contributed by atoms with van der Waals surface area (Å²) in [5.74, 6) is 0. The maximum Gasteiger partial charge on any atom is 0.124 e. The van der Waals surface area contributed by atoms with Crippen molar-refractivity contribution >= 4 is 44.1 Å². The number of thiophene rings is 2. The number of hydrogen-bond donors (Lipinski definition) is 0. The van der Waals surface area contributed by atoms with Crippen LogP contribution in [0, 0.1) is 13.8 Å². The molecule has 0 unspecified atom stereocenters. The summed E-state index contributed by atoms with van der Waals surface area (Å²) < 4.78 is 1.31. The Hall–Kier alpha value is -3.05. The standard InChI is InChI=1S/C29H21NS3/c1-18-23(17-25(31-18)20-11-5-3-6-12-20)28-26(22-15-9-10-16-24(22)33-28)27-19(2)32-29(30-27)21-13-7-4-8-14-21/h3-17H,1-2H3. The molecule has 0 spiro atoms. The molecule has 6 rings (SSSR count). The summed E-state index contributed by atoms with van der Waals surface area (Å²) in [6, 6.07) is 32.3. The van der Waals surface area contributed by atoms with Gasteiger partial charge in [-0.2, -0.15) is 0 Å². The molecule has 4 heteroatoms. The van der Waals surface area contributed by atoms with E-state index in [1.165, 1.54) is 51.8 Å². The van der Waals surface area contributed by atoms with E-state index in [0.717, 1.165) is 10.7 Å². The van der Waals surface area contributed by atoms with E-state index in [2.05, 4.69) is 105 Å². The minimum Gasteiger partial charge on any atom is -0.236 e. The molecule has 0 aliphatic carbocycles. The molecule has 1 nitrogen and oxygen atoms in total. The van der Waals surface area contributed by atoms with Crippen molar-refractivity contribution < 1.29 is 0 Å². The number of nitrogens with zero attached hydrogens (tertiary/aromatic N) is 1. The van der Waals surface area contributed by atoms with Crippen LogP contribution in [0.25, 0.3) is 52.8 Å². The third kappa shape index (κ3) is 3.65. The first-order chi connectivity index (χ1) is 16.2. The zero-order chi connectivity index (χ0) is 22.4. The number of aryl methyl sites for hydroxylation is 2. The van der Waals surface area contributed by atoms with Gasteiger partial charge in [0.2, 0.25) is 0 Å². The SMILES string of the molecule is Cc1sc(-c2ccccc2)cc1-c1sc2ccccc2c1-c1nc(-c2ccccc2)sc1C. The van der Waals surface area contributed by atoms with Crippen LogP contribution in [0.1, 0.15) is 9.75 Å². The van der Waals surface area contributed by atoms with Crippen LogP contribution >= 0.6 is 34.0 Å². The quantitative estimate of drug-likeness (QED) is 0.245. The lowest BCUT2D eigenvalue weighted by Crippen LogP contribution is -1.84. The highest BCUT2D eigenvalue weighted by atomic mass is 32.1. The summed E-state index contributed by atoms with van der Waals surface area (Å²) >= 11 is 5.53. The number of aromatic nitrogens is 1. The predicted octanol–water partition coefficient (Wildman–Crippen LogP) is 9.70. The average molecular weight is 480 g/mol. The first-order valence-corrected chi connectivity index (χ1v) is 13.3. The van der Waals surface area contributed by atoms with E-state index in [-0.39, 0.29) is 0 Å². The third-order valence-electron chi connectivity index (χ3n) is 5.87. The lowest BCUT2D eigenvalue weighted by Gasteiger charge is -2.04. The highest BCUT2D eigenvalue weighted by molar-refractivity contribution is 7.24. The molecule has 3 heterocycles. The zero-order valence-electron chi connectivity index (χ0n) is 18.3. The predicted molar refractivity (Wildman–Crippen MR) is 147 cm³/mol. The van der Waals surface area contributed by atoms with E-state index in [1.54, 1.807) is 11.3 Å². The minimum atomic E-state index is 1.08. The van der Waals surface area contributed by atoms with Gasteiger partial charge in [-0.3, -0.25) is 0 Å². The van der Waals surface area contributed by atoms with Gasteiger partial charge in [0.15, 0.2) is 0 Å². The topological polar surface area (TPSA) is 12.9 Å². The minimum absolute atomic E-state index is 1.08. The largest absolute Gasteiger partial charge is 0.236 e. The van der Waals surface area contributed by atoms with Crippen molar-refractivity contribution in [2.45, 2.75) is 13.8 Å². The van der Waals surface area contributed by atoms with E-state index < -0.39 is 0 Å². The maximum absolute atomic E-state index is 5.18. The van der Waals surface area contributed by atoms with Crippen molar-refractivity contribution in [1.29, 1.82) is 0 Å². The molecule has 0 fully saturated rings. The summed E-state index contributed by atoms with van der Waals surface area (Å²) in [5, 5.41) is 2.37. The Kier molecular flexibility index (Phi) is 5.22. The Labute approximate surface area is 205 Å². The molecular formula is C29H21NS3. The Morgan fingerprint density at radius 3 is 2.06 bits per heavy atom. The molecule has 0 N–H and O–H groups in total. The molecule has 3 aromatic heterocycles. The van der Waals surface area contributed by atoms with Gasteiger partial charge < -0.3 is 0 Å². The number of benzene rings is 3. The van der Waals surface area contributed by atoms with E-state index >= 15 is 0 Å². The fourth-order valence-corrected chi connectivity index (χ4v) is 7.55. The Balaban J connectivity index is 1.57. The maximum atomic E-state index is 5.18. The van der Waals surface area contributed by atoms with Crippen LogP contribution in [-0.2, 0) is 0 Å². The van der Waals surface area contributed by atoms with E-state index in [9.17, 15) is 0 Å². The Morgan fingerprint density at radius 2 is 1.30 bits per heavy atom. The summed E-state index contributed by atoms with van der Waals surface area (Å²) in [4.78, 5) is 10.4. The number of fused-ring (bicyclic) bond motifs is 1. The summed E-state index contributed by atoms with van der Waals surface area (Å²) in [6.45, 7) is 4.44. The smallest absolute Gasteiger partial charge is 0.124 e. The second-order valence-corrected chi connectivity index (χ2v) is 11.6. The van der Waals surface area contributed by atoms with Gasteiger partial charge >= 0.3 is 0 Å². The molecule has 0 radical (unpaired) electrons. The second kappa shape index (κ2) is 8.38. The van der Waals surface area contributed by atoms with Gasteiger partial charge in [0.1, 0.15) is 5.01 Å².